The summed E-state index contributed by atoms with van der Waals surface area (Å²) in [4.78, 5) is 0. The van der Waals surface area contributed by atoms with Crippen LogP contribution in [0.2, 0.25) is 0 Å². The van der Waals surface area contributed by atoms with E-state index in [4.69, 9.17) is 0 Å². The first-order chi connectivity index (χ1) is 10.0. The highest BCUT2D eigenvalue weighted by Crippen LogP contribution is 2.38. The van der Waals surface area contributed by atoms with Crippen molar-refractivity contribution in [3.05, 3.63) is 35.1 Å². The Morgan fingerprint density at radius 3 is 2.62 bits per heavy atom. The van der Waals surface area contributed by atoms with Gasteiger partial charge in [0.1, 0.15) is 0 Å². The van der Waals surface area contributed by atoms with E-state index in [-0.39, 0.29) is 17.5 Å². The largest absolute Gasteiger partial charge is 0.310 e. The Hall–Kier alpha value is -1.03. The molecule has 0 bridgehead atoms. The molecule has 1 aliphatic rings. The van der Waals surface area contributed by atoms with E-state index in [1.165, 1.54) is 12.5 Å². The molecule has 118 valence electrons. The van der Waals surface area contributed by atoms with Crippen molar-refractivity contribution in [2.45, 2.75) is 52.0 Å². The number of halogens is 3. The fourth-order valence-corrected chi connectivity index (χ4v) is 3.40. The van der Waals surface area contributed by atoms with E-state index in [0.717, 1.165) is 38.3 Å². The van der Waals surface area contributed by atoms with Gasteiger partial charge < -0.3 is 5.32 Å². The molecular formula is C17H24F3N. The SMILES string of the molecule is CCCNC(c1ccc(F)c(F)c1F)C1CCCC(C)C1. The summed E-state index contributed by atoms with van der Waals surface area (Å²) < 4.78 is 40.8. The topological polar surface area (TPSA) is 12.0 Å². The van der Waals surface area contributed by atoms with Crippen LogP contribution in [0.3, 0.4) is 0 Å². The molecule has 21 heavy (non-hydrogen) atoms. The summed E-state index contributed by atoms with van der Waals surface area (Å²) in [5.41, 5.74) is 0.265. The minimum atomic E-state index is -1.36. The zero-order valence-electron chi connectivity index (χ0n) is 12.8. The van der Waals surface area contributed by atoms with Crippen LogP contribution in [0.15, 0.2) is 12.1 Å². The van der Waals surface area contributed by atoms with E-state index in [1.807, 2.05) is 6.92 Å². The van der Waals surface area contributed by atoms with Crippen LogP contribution >= 0.6 is 0 Å². The Morgan fingerprint density at radius 1 is 1.19 bits per heavy atom. The third kappa shape index (κ3) is 3.79. The second-order valence-electron chi connectivity index (χ2n) is 6.23. The van der Waals surface area contributed by atoms with Crippen molar-refractivity contribution >= 4 is 0 Å². The van der Waals surface area contributed by atoms with E-state index in [0.29, 0.717) is 5.92 Å². The molecule has 4 heteroatoms. The first-order valence-electron chi connectivity index (χ1n) is 7.91. The number of nitrogens with one attached hydrogen (secondary N) is 1. The van der Waals surface area contributed by atoms with E-state index < -0.39 is 17.5 Å². The number of hydrogen-bond acceptors (Lipinski definition) is 1. The lowest BCUT2D eigenvalue weighted by Crippen LogP contribution is -2.32. The smallest absolute Gasteiger partial charge is 0.194 e. The van der Waals surface area contributed by atoms with Crippen LogP contribution in [0.1, 0.15) is 57.6 Å². The van der Waals surface area contributed by atoms with Gasteiger partial charge in [-0.15, -0.1) is 0 Å². The summed E-state index contributed by atoms with van der Waals surface area (Å²) in [6.45, 7) is 4.98. The van der Waals surface area contributed by atoms with Crippen LogP contribution in [-0.2, 0) is 0 Å². The monoisotopic (exact) mass is 299 g/mol. The van der Waals surface area contributed by atoms with Crippen molar-refractivity contribution in [3.8, 4) is 0 Å². The highest BCUT2D eigenvalue weighted by atomic mass is 19.2. The van der Waals surface area contributed by atoms with Gasteiger partial charge in [0.15, 0.2) is 17.5 Å². The first kappa shape index (κ1) is 16.3. The zero-order chi connectivity index (χ0) is 15.4. The van der Waals surface area contributed by atoms with Crippen LogP contribution in [0.4, 0.5) is 13.2 Å². The van der Waals surface area contributed by atoms with E-state index >= 15 is 0 Å². The summed E-state index contributed by atoms with van der Waals surface area (Å²) in [6.07, 6.45) is 5.23. The molecule has 0 amide bonds. The molecule has 0 aliphatic heterocycles. The predicted octanol–water partition coefficient (Wildman–Crippen LogP) is 4.97. The van der Waals surface area contributed by atoms with Crippen LogP contribution in [0.5, 0.6) is 0 Å². The third-order valence-corrected chi connectivity index (χ3v) is 4.46. The van der Waals surface area contributed by atoms with Crippen molar-refractivity contribution in [2.24, 2.45) is 11.8 Å². The molecule has 1 aliphatic carbocycles. The van der Waals surface area contributed by atoms with Gasteiger partial charge in [0.25, 0.3) is 0 Å². The lowest BCUT2D eigenvalue weighted by Gasteiger charge is -2.34. The van der Waals surface area contributed by atoms with Crippen molar-refractivity contribution in [2.75, 3.05) is 6.54 Å². The maximum absolute atomic E-state index is 14.1. The van der Waals surface area contributed by atoms with Crippen LogP contribution in [-0.4, -0.2) is 6.54 Å². The summed E-state index contributed by atoms with van der Waals surface area (Å²) in [7, 11) is 0. The van der Waals surface area contributed by atoms with E-state index in [9.17, 15) is 13.2 Å². The van der Waals surface area contributed by atoms with Gasteiger partial charge >= 0.3 is 0 Å². The quantitative estimate of drug-likeness (QED) is 0.757. The second kappa shape index (κ2) is 7.30. The molecule has 0 heterocycles. The lowest BCUT2D eigenvalue weighted by atomic mass is 9.76. The molecule has 3 unspecified atom stereocenters. The van der Waals surface area contributed by atoms with Gasteiger partial charge in [-0.25, -0.2) is 13.2 Å². The minimum Gasteiger partial charge on any atom is -0.310 e. The lowest BCUT2D eigenvalue weighted by molar-refractivity contribution is 0.219. The zero-order valence-corrected chi connectivity index (χ0v) is 12.8. The number of benzene rings is 1. The standard InChI is InChI=1S/C17H24F3N/c1-3-9-21-17(12-6-4-5-11(2)10-12)13-7-8-14(18)16(20)15(13)19/h7-8,11-12,17,21H,3-6,9-10H2,1-2H3. The number of rotatable bonds is 5. The van der Waals surface area contributed by atoms with Gasteiger partial charge in [0.05, 0.1) is 0 Å². The van der Waals surface area contributed by atoms with Gasteiger partial charge in [0.2, 0.25) is 0 Å². The summed E-state index contributed by atoms with van der Waals surface area (Å²) in [6, 6.07) is 2.18. The van der Waals surface area contributed by atoms with Crippen molar-refractivity contribution in [3.63, 3.8) is 0 Å². The Kier molecular flexibility index (Phi) is 5.68. The predicted molar refractivity (Wildman–Crippen MR) is 78.5 cm³/mol. The summed E-state index contributed by atoms with van der Waals surface area (Å²) in [5, 5.41) is 3.33. The molecule has 1 nitrogen and oxygen atoms in total. The van der Waals surface area contributed by atoms with Crippen molar-refractivity contribution in [1.82, 2.24) is 5.32 Å². The number of hydrogen-bond donors (Lipinski definition) is 1. The second-order valence-corrected chi connectivity index (χ2v) is 6.23. The maximum atomic E-state index is 14.1. The van der Waals surface area contributed by atoms with E-state index in [1.54, 1.807) is 0 Å². The first-order valence-corrected chi connectivity index (χ1v) is 7.91. The molecule has 1 aromatic carbocycles. The molecule has 1 fully saturated rings. The third-order valence-electron chi connectivity index (χ3n) is 4.46. The molecule has 1 saturated carbocycles. The fraction of sp³-hybridized carbons (Fsp3) is 0.647. The van der Waals surface area contributed by atoms with Gasteiger partial charge in [-0.3, -0.25) is 0 Å². The Balaban J connectivity index is 2.29. The van der Waals surface area contributed by atoms with Gasteiger partial charge in [-0.1, -0.05) is 32.8 Å². The Morgan fingerprint density at radius 2 is 1.95 bits per heavy atom. The fourth-order valence-electron chi connectivity index (χ4n) is 3.40. The molecule has 3 atom stereocenters. The van der Waals surface area contributed by atoms with Gasteiger partial charge in [-0.2, -0.15) is 0 Å². The Labute approximate surface area is 124 Å². The molecule has 1 aromatic rings. The molecule has 0 saturated heterocycles. The van der Waals surface area contributed by atoms with E-state index in [2.05, 4.69) is 12.2 Å². The average Bonchev–Trinajstić information content (AvgIpc) is 2.47. The van der Waals surface area contributed by atoms with Gasteiger partial charge in [0, 0.05) is 11.6 Å². The molecule has 1 N–H and O–H groups in total. The highest BCUT2D eigenvalue weighted by Gasteiger charge is 2.30. The van der Waals surface area contributed by atoms with Crippen molar-refractivity contribution < 1.29 is 13.2 Å². The Bertz CT molecular complexity index is 475. The maximum Gasteiger partial charge on any atom is 0.194 e. The van der Waals surface area contributed by atoms with Crippen molar-refractivity contribution in [1.29, 1.82) is 0 Å². The summed E-state index contributed by atoms with van der Waals surface area (Å²) >= 11 is 0. The molecule has 0 aromatic heterocycles. The molecule has 2 rings (SSSR count). The van der Waals surface area contributed by atoms with Gasteiger partial charge in [-0.05, 0) is 43.7 Å². The highest BCUT2D eigenvalue weighted by molar-refractivity contribution is 5.24. The van der Waals surface area contributed by atoms with Crippen LogP contribution < -0.4 is 5.32 Å². The normalized spacial score (nSPS) is 24.0. The van der Waals surface area contributed by atoms with Crippen LogP contribution in [0.25, 0.3) is 0 Å². The molecule has 0 radical (unpaired) electrons. The average molecular weight is 299 g/mol. The van der Waals surface area contributed by atoms with Crippen LogP contribution in [0, 0.1) is 29.3 Å². The molecular weight excluding hydrogens is 275 g/mol. The minimum absolute atomic E-state index is 0.234. The molecule has 0 spiro atoms. The summed E-state index contributed by atoms with van der Waals surface area (Å²) in [5.74, 6) is -2.65.